The first-order valence-corrected chi connectivity index (χ1v) is 8.76. The van der Waals surface area contributed by atoms with Crippen LogP contribution in [0.2, 0.25) is 0 Å². The Hall–Kier alpha value is -2.63. The van der Waals surface area contributed by atoms with E-state index in [2.05, 4.69) is 10.3 Å². The third-order valence-electron chi connectivity index (χ3n) is 3.77. The molecule has 1 atom stereocenters. The van der Waals surface area contributed by atoms with Crippen LogP contribution in [0.15, 0.2) is 47.4 Å². The molecule has 1 heterocycles. The maximum absolute atomic E-state index is 12.5. The number of amides is 1. The quantitative estimate of drug-likeness (QED) is 0.889. The van der Waals surface area contributed by atoms with Crippen LogP contribution in [0.4, 0.5) is 4.79 Å². The lowest BCUT2D eigenvalue weighted by Gasteiger charge is -2.27. The van der Waals surface area contributed by atoms with Crippen LogP contribution >= 0.6 is 0 Å². The topological polar surface area (TPSA) is 73.2 Å². The summed E-state index contributed by atoms with van der Waals surface area (Å²) < 4.78 is 6.96. The molecule has 1 unspecified atom stereocenters. The van der Waals surface area contributed by atoms with Gasteiger partial charge in [0.05, 0.1) is 12.6 Å². The lowest BCUT2D eigenvalue weighted by atomic mass is 10.0. The number of nitrogens with zero attached hydrogens (tertiary/aromatic N) is 2. The molecule has 2 rings (SSSR count). The number of hydrogen-bond donors (Lipinski definition) is 1. The maximum atomic E-state index is 12.5. The molecule has 0 saturated carbocycles. The van der Waals surface area contributed by atoms with Crippen molar-refractivity contribution in [3.8, 4) is 0 Å². The molecular formula is C20H27N3O3. The van der Waals surface area contributed by atoms with Gasteiger partial charge in [-0.3, -0.25) is 9.36 Å². The molecule has 0 aliphatic heterocycles. The van der Waals surface area contributed by atoms with E-state index in [1.807, 2.05) is 65.0 Å². The zero-order valence-electron chi connectivity index (χ0n) is 16.0. The Kier molecular flexibility index (Phi) is 6.18. The van der Waals surface area contributed by atoms with Gasteiger partial charge < -0.3 is 10.1 Å². The molecule has 2 aromatic rings. The molecule has 0 saturated heterocycles. The van der Waals surface area contributed by atoms with Crippen molar-refractivity contribution in [1.29, 1.82) is 0 Å². The summed E-state index contributed by atoms with van der Waals surface area (Å²) in [6, 6.07) is 10.7. The predicted molar refractivity (Wildman–Crippen MR) is 101 cm³/mol. The van der Waals surface area contributed by atoms with Gasteiger partial charge >= 0.3 is 6.09 Å². The summed E-state index contributed by atoms with van der Waals surface area (Å²) >= 11 is 0. The van der Waals surface area contributed by atoms with E-state index >= 15 is 0 Å². The lowest BCUT2D eigenvalue weighted by Crippen LogP contribution is -2.40. The van der Waals surface area contributed by atoms with Gasteiger partial charge in [-0.25, -0.2) is 9.78 Å². The summed E-state index contributed by atoms with van der Waals surface area (Å²) in [5.41, 5.74) is 0.235. The van der Waals surface area contributed by atoms with Gasteiger partial charge in [0.25, 0.3) is 5.56 Å². The molecule has 0 bridgehead atoms. The van der Waals surface area contributed by atoms with Crippen molar-refractivity contribution in [2.45, 2.75) is 52.8 Å². The highest BCUT2D eigenvalue weighted by Gasteiger charge is 2.26. The molecule has 0 spiro atoms. The van der Waals surface area contributed by atoms with Crippen molar-refractivity contribution >= 4 is 6.09 Å². The van der Waals surface area contributed by atoms with Crippen LogP contribution in [0.3, 0.4) is 0 Å². The van der Waals surface area contributed by atoms with Gasteiger partial charge in [-0.2, -0.15) is 0 Å². The molecule has 6 nitrogen and oxygen atoms in total. The average Bonchev–Trinajstić information content (AvgIpc) is 2.54. The van der Waals surface area contributed by atoms with Gasteiger partial charge in [0.1, 0.15) is 11.4 Å². The fourth-order valence-electron chi connectivity index (χ4n) is 2.59. The number of ether oxygens (including phenoxy) is 1. The second-order valence-electron chi connectivity index (χ2n) is 7.58. The normalized spacial score (nSPS) is 12.7. The van der Waals surface area contributed by atoms with Gasteiger partial charge in [0.15, 0.2) is 0 Å². The van der Waals surface area contributed by atoms with Crippen molar-refractivity contribution < 1.29 is 9.53 Å². The SMILES string of the molecule is CC(C)C(NC(=O)OC(C)(C)C)c1nccc(=O)n1Cc1ccccc1. The molecule has 1 aromatic carbocycles. The van der Waals surface area contributed by atoms with E-state index in [9.17, 15) is 9.59 Å². The predicted octanol–water partition coefficient (Wildman–Crippen LogP) is 3.51. The van der Waals surface area contributed by atoms with E-state index in [0.717, 1.165) is 5.56 Å². The number of carbonyl (C=O) groups is 1. The van der Waals surface area contributed by atoms with Crippen molar-refractivity contribution in [1.82, 2.24) is 14.9 Å². The highest BCUT2D eigenvalue weighted by molar-refractivity contribution is 5.68. The summed E-state index contributed by atoms with van der Waals surface area (Å²) in [7, 11) is 0. The van der Waals surface area contributed by atoms with E-state index in [4.69, 9.17) is 4.74 Å². The van der Waals surface area contributed by atoms with Crippen LogP contribution in [0, 0.1) is 5.92 Å². The monoisotopic (exact) mass is 357 g/mol. The van der Waals surface area contributed by atoms with Crippen molar-refractivity contribution in [2.24, 2.45) is 5.92 Å². The van der Waals surface area contributed by atoms with Crippen LogP contribution in [0.5, 0.6) is 0 Å². The maximum Gasteiger partial charge on any atom is 0.408 e. The fourth-order valence-corrected chi connectivity index (χ4v) is 2.59. The summed E-state index contributed by atoms with van der Waals surface area (Å²) in [5.74, 6) is 0.543. The van der Waals surface area contributed by atoms with Crippen molar-refractivity contribution in [3.63, 3.8) is 0 Å². The van der Waals surface area contributed by atoms with Gasteiger partial charge in [0, 0.05) is 12.3 Å². The molecular weight excluding hydrogens is 330 g/mol. The van der Waals surface area contributed by atoms with E-state index in [0.29, 0.717) is 12.4 Å². The molecule has 1 amide bonds. The van der Waals surface area contributed by atoms with Crippen LogP contribution in [-0.4, -0.2) is 21.2 Å². The van der Waals surface area contributed by atoms with Crippen LogP contribution in [0.25, 0.3) is 0 Å². The zero-order valence-corrected chi connectivity index (χ0v) is 16.0. The first-order valence-electron chi connectivity index (χ1n) is 8.76. The van der Waals surface area contributed by atoms with Gasteiger partial charge in [-0.15, -0.1) is 0 Å². The first-order chi connectivity index (χ1) is 12.2. The number of nitrogens with one attached hydrogen (secondary N) is 1. The second kappa shape index (κ2) is 8.17. The summed E-state index contributed by atoms with van der Waals surface area (Å²) in [6.07, 6.45) is 0.950. The second-order valence-corrected chi connectivity index (χ2v) is 7.58. The van der Waals surface area contributed by atoms with Gasteiger partial charge in [0.2, 0.25) is 0 Å². The number of aromatic nitrogens is 2. The Balaban J connectivity index is 2.35. The number of benzene rings is 1. The minimum absolute atomic E-state index is 0.0267. The number of carbonyl (C=O) groups excluding carboxylic acids is 1. The molecule has 0 aliphatic rings. The van der Waals surface area contributed by atoms with Crippen molar-refractivity contribution in [3.05, 3.63) is 64.3 Å². The number of hydrogen-bond acceptors (Lipinski definition) is 4. The average molecular weight is 357 g/mol. The molecule has 1 N–H and O–H groups in total. The molecule has 140 valence electrons. The van der Waals surface area contributed by atoms with E-state index in [-0.39, 0.29) is 11.5 Å². The van der Waals surface area contributed by atoms with Crippen LogP contribution in [0.1, 0.15) is 52.0 Å². The lowest BCUT2D eigenvalue weighted by molar-refractivity contribution is 0.0485. The van der Waals surface area contributed by atoms with Gasteiger partial charge in [-0.05, 0) is 32.3 Å². The summed E-state index contributed by atoms with van der Waals surface area (Å²) in [6.45, 7) is 9.75. The van der Waals surface area contributed by atoms with E-state index in [1.165, 1.54) is 12.3 Å². The minimum atomic E-state index is -0.598. The Morgan fingerprint density at radius 3 is 2.42 bits per heavy atom. The Morgan fingerprint density at radius 2 is 1.85 bits per heavy atom. The number of rotatable bonds is 5. The van der Waals surface area contributed by atoms with Crippen molar-refractivity contribution in [2.75, 3.05) is 0 Å². The van der Waals surface area contributed by atoms with Crippen LogP contribution < -0.4 is 10.9 Å². The Labute approximate surface area is 154 Å². The van der Waals surface area contributed by atoms with E-state index < -0.39 is 17.7 Å². The van der Waals surface area contributed by atoms with E-state index in [1.54, 1.807) is 4.57 Å². The highest BCUT2D eigenvalue weighted by Crippen LogP contribution is 2.20. The van der Waals surface area contributed by atoms with Gasteiger partial charge in [-0.1, -0.05) is 44.2 Å². The third-order valence-corrected chi connectivity index (χ3v) is 3.77. The summed E-state index contributed by atoms with van der Waals surface area (Å²) in [4.78, 5) is 29.1. The molecule has 0 fully saturated rings. The third kappa shape index (κ3) is 5.44. The first kappa shape index (κ1) is 19.7. The highest BCUT2D eigenvalue weighted by atomic mass is 16.6. The Morgan fingerprint density at radius 1 is 1.19 bits per heavy atom. The smallest absolute Gasteiger partial charge is 0.408 e. The van der Waals surface area contributed by atoms with Crippen LogP contribution in [-0.2, 0) is 11.3 Å². The molecule has 0 aliphatic carbocycles. The Bertz CT molecular complexity index is 792. The molecule has 1 aromatic heterocycles. The molecule has 6 heteroatoms. The zero-order chi connectivity index (χ0) is 19.3. The standard InChI is InChI=1S/C20H27N3O3/c1-14(2)17(22-19(25)26-20(3,4)5)18-21-12-11-16(24)23(18)13-15-9-7-6-8-10-15/h6-12,14,17H,13H2,1-5H3,(H,22,25). The summed E-state index contributed by atoms with van der Waals surface area (Å²) in [5, 5.41) is 2.86. The number of alkyl carbamates (subject to hydrolysis) is 1. The largest absolute Gasteiger partial charge is 0.444 e. The molecule has 26 heavy (non-hydrogen) atoms. The fraction of sp³-hybridized carbons (Fsp3) is 0.450. The minimum Gasteiger partial charge on any atom is -0.444 e. The molecule has 0 radical (unpaired) electrons.